The molecule has 1 aliphatic rings. The molecular weight excluding hydrogens is 487 g/mol. The maximum atomic E-state index is 13.7. The molecular formula is C27H27FN8O2. The van der Waals surface area contributed by atoms with Crippen LogP contribution < -0.4 is 15.6 Å². The topological polar surface area (TPSA) is 105 Å². The molecule has 5 aromatic rings. The summed E-state index contributed by atoms with van der Waals surface area (Å²) in [4.78, 5) is 16.2. The van der Waals surface area contributed by atoms with Gasteiger partial charge in [-0.15, -0.1) is 5.10 Å². The number of ether oxygens (including phenoxy) is 1. The van der Waals surface area contributed by atoms with Crippen molar-refractivity contribution in [2.75, 3.05) is 5.32 Å². The van der Waals surface area contributed by atoms with Gasteiger partial charge < -0.3 is 10.1 Å². The summed E-state index contributed by atoms with van der Waals surface area (Å²) in [7, 11) is 3.49. The van der Waals surface area contributed by atoms with E-state index in [1.807, 2.05) is 25.5 Å². The van der Waals surface area contributed by atoms with Gasteiger partial charge >= 0.3 is 0 Å². The minimum absolute atomic E-state index is 0.0164. The number of rotatable bonds is 6. The number of halogens is 1. The molecule has 0 unspecified atom stereocenters. The summed E-state index contributed by atoms with van der Waals surface area (Å²) in [5.74, 6) is 0.754. The third-order valence-electron chi connectivity index (χ3n) is 6.88. The average molecular weight is 515 g/mol. The molecule has 0 bridgehead atoms. The van der Waals surface area contributed by atoms with Crippen LogP contribution in [0.2, 0.25) is 0 Å². The number of aryl methyl sites for hydroxylation is 2. The Bertz CT molecular complexity index is 1670. The molecule has 0 amide bonds. The van der Waals surface area contributed by atoms with Gasteiger partial charge in [-0.25, -0.2) is 14.1 Å². The Kier molecular flexibility index (Phi) is 6.10. The Labute approximate surface area is 217 Å². The van der Waals surface area contributed by atoms with Crippen molar-refractivity contribution in [3.63, 3.8) is 0 Å². The predicted molar refractivity (Wildman–Crippen MR) is 141 cm³/mol. The Morgan fingerprint density at radius 3 is 2.61 bits per heavy atom. The van der Waals surface area contributed by atoms with E-state index in [0.29, 0.717) is 17.4 Å². The van der Waals surface area contributed by atoms with E-state index in [1.165, 1.54) is 22.9 Å². The van der Waals surface area contributed by atoms with Gasteiger partial charge in [0.1, 0.15) is 23.4 Å². The fraction of sp³-hybridized carbons (Fsp3) is 0.296. The number of aromatic nitrogens is 7. The van der Waals surface area contributed by atoms with E-state index in [4.69, 9.17) is 9.84 Å². The van der Waals surface area contributed by atoms with Crippen molar-refractivity contribution in [1.29, 1.82) is 0 Å². The first kappa shape index (κ1) is 23.8. The SMILES string of the molecule is Cn1cc(-c2nn([C@H]3CC[C@@H](Oc4ccc(=O)n(C)n4)CC3)c3cc(Nc4cccc(F)c4)ncc23)cn1. The second-order valence-electron chi connectivity index (χ2n) is 9.60. The van der Waals surface area contributed by atoms with Crippen molar-refractivity contribution in [3.05, 3.63) is 77.2 Å². The fourth-order valence-corrected chi connectivity index (χ4v) is 4.97. The van der Waals surface area contributed by atoms with Crippen LogP contribution in [0.25, 0.3) is 22.2 Å². The second kappa shape index (κ2) is 9.73. The lowest BCUT2D eigenvalue weighted by atomic mass is 9.93. The van der Waals surface area contributed by atoms with Gasteiger partial charge in [-0.1, -0.05) is 6.07 Å². The average Bonchev–Trinajstić information content (AvgIpc) is 3.50. The molecule has 38 heavy (non-hydrogen) atoms. The zero-order valence-corrected chi connectivity index (χ0v) is 21.1. The van der Waals surface area contributed by atoms with Gasteiger partial charge in [0.15, 0.2) is 0 Å². The van der Waals surface area contributed by atoms with Crippen LogP contribution >= 0.6 is 0 Å². The van der Waals surface area contributed by atoms with Crippen LogP contribution in [0.4, 0.5) is 15.9 Å². The Morgan fingerprint density at radius 1 is 1.03 bits per heavy atom. The molecule has 10 nitrogen and oxygen atoms in total. The molecule has 194 valence electrons. The van der Waals surface area contributed by atoms with Crippen molar-refractivity contribution in [3.8, 4) is 17.1 Å². The quantitative estimate of drug-likeness (QED) is 0.359. The summed E-state index contributed by atoms with van der Waals surface area (Å²) in [5.41, 5.74) is 3.14. The molecule has 4 aromatic heterocycles. The fourth-order valence-electron chi connectivity index (χ4n) is 4.97. The molecule has 0 radical (unpaired) electrons. The van der Waals surface area contributed by atoms with Gasteiger partial charge in [-0.2, -0.15) is 10.2 Å². The van der Waals surface area contributed by atoms with Gasteiger partial charge in [-0.3, -0.25) is 14.2 Å². The van der Waals surface area contributed by atoms with Gasteiger partial charge in [0.2, 0.25) is 5.88 Å². The lowest BCUT2D eigenvalue weighted by Crippen LogP contribution is -2.27. The minimum atomic E-state index is -0.313. The van der Waals surface area contributed by atoms with Gasteiger partial charge in [-0.05, 0) is 43.9 Å². The molecule has 0 atom stereocenters. The number of hydrogen-bond donors (Lipinski definition) is 1. The first-order chi connectivity index (χ1) is 18.4. The van der Waals surface area contributed by atoms with Crippen molar-refractivity contribution < 1.29 is 9.13 Å². The summed E-state index contributed by atoms with van der Waals surface area (Å²) >= 11 is 0. The number of benzene rings is 1. The van der Waals surface area contributed by atoms with Crippen LogP contribution in [0, 0.1) is 5.82 Å². The zero-order chi connectivity index (χ0) is 26.2. The monoisotopic (exact) mass is 514 g/mol. The zero-order valence-electron chi connectivity index (χ0n) is 21.1. The molecule has 0 saturated heterocycles. The normalized spacial score (nSPS) is 17.6. The highest BCUT2D eigenvalue weighted by atomic mass is 19.1. The minimum Gasteiger partial charge on any atom is -0.473 e. The molecule has 1 N–H and O–H groups in total. The highest BCUT2D eigenvalue weighted by Crippen LogP contribution is 2.36. The van der Waals surface area contributed by atoms with E-state index >= 15 is 0 Å². The summed E-state index contributed by atoms with van der Waals surface area (Å²) in [5, 5.41) is 17.7. The van der Waals surface area contributed by atoms with Gasteiger partial charge in [0.25, 0.3) is 5.56 Å². The molecule has 1 fully saturated rings. The molecule has 6 rings (SSSR count). The van der Waals surface area contributed by atoms with Gasteiger partial charge in [0.05, 0.1) is 17.8 Å². The lowest BCUT2D eigenvalue weighted by Gasteiger charge is -2.29. The number of anilines is 2. The number of fused-ring (bicyclic) bond motifs is 1. The van der Waals surface area contributed by atoms with Crippen LogP contribution in [-0.4, -0.2) is 40.4 Å². The summed E-state index contributed by atoms with van der Waals surface area (Å²) in [6, 6.07) is 11.5. The third kappa shape index (κ3) is 4.74. The maximum Gasteiger partial charge on any atom is 0.266 e. The van der Waals surface area contributed by atoms with E-state index in [0.717, 1.165) is 47.8 Å². The van der Waals surface area contributed by atoms with Crippen molar-refractivity contribution >= 4 is 22.4 Å². The predicted octanol–water partition coefficient (Wildman–Crippen LogP) is 4.37. The summed E-state index contributed by atoms with van der Waals surface area (Å²) < 4.78 is 24.9. The van der Waals surface area contributed by atoms with Crippen LogP contribution in [0.3, 0.4) is 0 Å². The standard InChI is InChI=1S/C27H27FN8O2/c1-34-16-17(14-30-34)27-22-15-29-24(31-19-5-3-4-18(28)12-19)13-23(22)36(33-27)20-6-8-21(9-7-20)38-25-10-11-26(37)35(2)32-25/h3-5,10-16,20-21H,6-9H2,1-2H3,(H,29,31)/t20-,21+. The highest BCUT2D eigenvalue weighted by Gasteiger charge is 2.27. The molecule has 1 aliphatic carbocycles. The number of pyridine rings is 1. The summed E-state index contributed by atoms with van der Waals surface area (Å²) in [6.07, 6.45) is 8.97. The van der Waals surface area contributed by atoms with Crippen LogP contribution in [-0.2, 0) is 14.1 Å². The molecule has 1 saturated carbocycles. The molecule has 1 aromatic carbocycles. The summed E-state index contributed by atoms with van der Waals surface area (Å²) in [6.45, 7) is 0. The first-order valence-corrected chi connectivity index (χ1v) is 12.5. The Balaban J connectivity index is 1.28. The maximum absolute atomic E-state index is 13.7. The van der Waals surface area contributed by atoms with Crippen LogP contribution in [0.1, 0.15) is 31.7 Å². The largest absolute Gasteiger partial charge is 0.473 e. The van der Waals surface area contributed by atoms with Crippen LogP contribution in [0.5, 0.6) is 5.88 Å². The molecule has 0 aliphatic heterocycles. The van der Waals surface area contributed by atoms with Gasteiger partial charge in [0, 0.05) is 61.3 Å². The Hall–Kier alpha value is -4.54. The third-order valence-corrected chi connectivity index (χ3v) is 6.88. The smallest absolute Gasteiger partial charge is 0.266 e. The number of hydrogen-bond acceptors (Lipinski definition) is 7. The number of nitrogens with zero attached hydrogens (tertiary/aromatic N) is 7. The molecule has 4 heterocycles. The first-order valence-electron chi connectivity index (χ1n) is 12.5. The van der Waals surface area contributed by atoms with E-state index < -0.39 is 0 Å². The van der Waals surface area contributed by atoms with Crippen molar-refractivity contribution in [2.24, 2.45) is 14.1 Å². The van der Waals surface area contributed by atoms with E-state index in [-0.39, 0.29) is 23.5 Å². The lowest BCUT2D eigenvalue weighted by molar-refractivity contribution is 0.123. The van der Waals surface area contributed by atoms with E-state index in [9.17, 15) is 9.18 Å². The van der Waals surface area contributed by atoms with Crippen molar-refractivity contribution in [1.82, 2.24) is 34.3 Å². The van der Waals surface area contributed by atoms with Crippen LogP contribution in [0.15, 0.2) is 65.8 Å². The molecule has 0 spiro atoms. The number of nitrogens with one attached hydrogen (secondary N) is 1. The van der Waals surface area contributed by atoms with Crippen molar-refractivity contribution in [2.45, 2.75) is 37.8 Å². The van der Waals surface area contributed by atoms with E-state index in [1.54, 1.807) is 36.1 Å². The second-order valence-corrected chi connectivity index (χ2v) is 9.60. The Morgan fingerprint density at radius 2 is 1.87 bits per heavy atom. The molecule has 11 heteroatoms. The highest BCUT2D eigenvalue weighted by molar-refractivity contribution is 5.94. The van der Waals surface area contributed by atoms with E-state index in [2.05, 4.69) is 25.2 Å².